The Labute approximate surface area is 296 Å². The van der Waals surface area contributed by atoms with E-state index in [1.807, 2.05) is 36.4 Å². The Morgan fingerprint density at radius 3 is 1.98 bits per heavy atom. The molecule has 51 heavy (non-hydrogen) atoms. The number of rotatable bonds is 8. The topological polar surface area (TPSA) is 77.7 Å². The van der Waals surface area contributed by atoms with E-state index >= 15 is 0 Å². The summed E-state index contributed by atoms with van der Waals surface area (Å²) in [6.07, 6.45) is 14.3. The fourth-order valence-electron chi connectivity index (χ4n) is 7.21. The SMILES string of the molecule is CS(=O)(=O)c1ccc(-c2nn(C(c3ccccc3)(c3ccccc3)C3C=CC=CC3)cc2-c2ccc3ncnc(-c4ccc(F)cc4)c3c2)cc1. The zero-order valence-electron chi connectivity index (χ0n) is 27.8. The minimum Gasteiger partial charge on any atom is -0.256 e. The molecule has 8 rings (SSSR count). The molecule has 0 radical (unpaired) electrons. The molecule has 0 aliphatic heterocycles. The maximum absolute atomic E-state index is 13.9. The molecule has 0 saturated carbocycles. The molecule has 7 aromatic rings. The van der Waals surface area contributed by atoms with Crippen LogP contribution < -0.4 is 0 Å². The molecule has 1 atom stereocenters. The van der Waals surface area contributed by atoms with Crippen molar-refractivity contribution in [3.05, 3.63) is 181 Å². The summed E-state index contributed by atoms with van der Waals surface area (Å²) < 4.78 is 40.8. The molecule has 2 aromatic heterocycles. The lowest BCUT2D eigenvalue weighted by molar-refractivity contribution is 0.293. The van der Waals surface area contributed by atoms with Crippen LogP contribution in [0, 0.1) is 11.7 Å². The Kier molecular flexibility index (Phi) is 8.24. The van der Waals surface area contributed by atoms with Gasteiger partial charge in [-0.05, 0) is 71.6 Å². The molecule has 8 heteroatoms. The molecule has 2 heterocycles. The molecule has 5 aromatic carbocycles. The number of hydrogen-bond acceptors (Lipinski definition) is 5. The molecular weight excluding hydrogens is 656 g/mol. The highest BCUT2D eigenvalue weighted by Crippen LogP contribution is 2.46. The van der Waals surface area contributed by atoms with E-state index in [2.05, 4.69) is 99.7 Å². The molecule has 0 saturated heterocycles. The van der Waals surface area contributed by atoms with Gasteiger partial charge in [0.2, 0.25) is 0 Å². The van der Waals surface area contributed by atoms with E-state index in [1.54, 1.807) is 24.3 Å². The second-order valence-corrected chi connectivity index (χ2v) is 14.8. The molecule has 0 bridgehead atoms. The number of allylic oxidation sites excluding steroid dienone is 4. The maximum atomic E-state index is 13.9. The zero-order valence-corrected chi connectivity index (χ0v) is 28.6. The highest BCUT2D eigenvalue weighted by atomic mass is 32.2. The first kappa shape index (κ1) is 32.2. The lowest BCUT2D eigenvalue weighted by Gasteiger charge is -2.41. The summed E-state index contributed by atoms with van der Waals surface area (Å²) in [6, 6.07) is 40.1. The highest BCUT2D eigenvalue weighted by Gasteiger charge is 2.44. The number of sulfone groups is 1. The van der Waals surface area contributed by atoms with Crippen LogP contribution in [0.15, 0.2) is 169 Å². The van der Waals surface area contributed by atoms with Crippen LogP contribution in [-0.4, -0.2) is 34.4 Å². The van der Waals surface area contributed by atoms with Gasteiger partial charge in [-0.25, -0.2) is 22.8 Å². The van der Waals surface area contributed by atoms with Gasteiger partial charge in [-0.1, -0.05) is 103 Å². The van der Waals surface area contributed by atoms with Crippen LogP contribution in [0.2, 0.25) is 0 Å². The van der Waals surface area contributed by atoms with Crippen molar-refractivity contribution in [2.45, 2.75) is 16.9 Å². The minimum absolute atomic E-state index is 0.00981. The number of aromatic nitrogens is 4. The van der Waals surface area contributed by atoms with Crippen LogP contribution in [0.25, 0.3) is 44.5 Å². The van der Waals surface area contributed by atoms with Gasteiger partial charge in [0.1, 0.15) is 23.4 Å². The molecule has 1 aliphatic rings. The van der Waals surface area contributed by atoms with Crippen LogP contribution in [-0.2, 0) is 15.4 Å². The summed E-state index contributed by atoms with van der Waals surface area (Å²) in [5.41, 5.74) is 6.83. The molecule has 6 nitrogen and oxygen atoms in total. The first-order valence-electron chi connectivity index (χ1n) is 16.7. The van der Waals surface area contributed by atoms with Crippen LogP contribution in [0.5, 0.6) is 0 Å². The van der Waals surface area contributed by atoms with Crippen molar-refractivity contribution in [1.29, 1.82) is 0 Å². The Morgan fingerprint density at radius 1 is 0.725 bits per heavy atom. The van der Waals surface area contributed by atoms with Crippen molar-refractivity contribution in [2.24, 2.45) is 5.92 Å². The largest absolute Gasteiger partial charge is 0.256 e. The lowest BCUT2D eigenvalue weighted by atomic mass is 9.70. The quantitative estimate of drug-likeness (QED) is 0.159. The first-order valence-corrected chi connectivity index (χ1v) is 18.6. The van der Waals surface area contributed by atoms with E-state index in [4.69, 9.17) is 5.10 Å². The van der Waals surface area contributed by atoms with Gasteiger partial charge in [-0.3, -0.25) is 4.68 Å². The predicted octanol–water partition coefficient (Wildman–Crippen LogP) is 9.29. The number of benzene rings is 5. The van der Waals surface area contributed by atoms with Gasteiger partial charge in [0.15, 0.2) is 9.84 Å². The van der Waals surface area contributed by atoms with Gasteiger partial charge in [0.05, 0.1) is 16.1 Å². The summed E-state index contributed by atoms with van der Waals surface area (Å²) in [4.78, 5) is 9.39. The third kappa shape index (κ3) is 5.87. The molecule has 1 aliphatic carbocycles. The molecule has 0 N–H and O–H groups in total. The second-order valence-electron chi connectivity index (χ2n) is 12.7. The number of nitrogens with zero attached hydrogens (tertiary/aromatic N) is 4. The van der Waals surface area contributed by atoms with Crippen molar-refractivity contribution in [1.82, 2.24) is 19.7 Å². The van der Waals surface area contributed by atoms with Crippen molar-refractivity contribution in [3.8, 4) is 33.6 Å². The highest BCUT2D eigenvalue weighted by molar-refractivity contribution is 7.90. The van der Waals surface area contributed by atoms with Gasteiger partial charge in [0.25, 0.3) is 0 Å². The second kappa shape index (κ2) is 13.0. The summed E-state index contributed by atoms with van der Waals surface area (Å²) in [6.45, 7) is 0. The Balaban J connectivity index is 1.42. The fraction of sp³-hybridized carbons (Fsp3) is 0.0930. The summed E-state index contributed by atoms with van der Waals surface area (Å²) in [5, 5.41) is 6.27. The molecular formula is C43H33FN4O2S. The normalized spacial score (nSPS) is 14.6. The summed E-state index contributed by atoms with van der Waals surface area (Å²) >= 11 is 0. The van der Waals surface area contributed by atoms with E-state index in [1.165, 1.54) is 24.7 Å². The molecule has 250 valence electrons. The van der Waals surface area contributed by atoms with Gasteiger partial charge < -0.3 is 0 Å². The number of fused-ring (bicyclic) bond motifs is 1. The summed E-state index contributed by atoms with van der Waals surface area (Å²) in [5.74, 6) is -0.309. The van der Waals surface area contributed by atoms with E-state index in [0.29, 0.717) is 11.4 Å². The number of hydrogen-bond donors (Lipinski definition) is 0. The van der Waals surface area contributed by atoms with Gasteiger partial charge >= 0.3 is 0 Å². The fourth-order valence-corrected chi connectivity index (χ4v) is 7.84. The Morgan fingerprint density at radius 2 is 1.35 bits per heavy atom. The van der Waals surface area contributed by atoms with Crippen molar-refractivity contribution in [3.63, 3.8) is 0 Å². The third-order valence-electron chi connectivity index (χ3n) is 9.64. The lowest BCUT2D eigenvalue weighted by Crippen LogP contribution is -2.43. The molecule has 0 spiro atoms. The van der Waals surface area contributed by atoms with Crippen LogP contribution in [0.3, 0.4) is 0 Å². The van der Waals surface area contributed by atoms with Crippen LogP contribution >= 0.6 is 0 Å². The Bertz CT molecular complexity index is 2490. The van der Waals surface area contributed by atoms with E-state index in [-0.39, 0.29) is 16.6 Å². The maximum Gasteiger partial charge on any atom is 0.175 e. The average Bonchev–Trinajstić information content (AvgIpc) is 3.62. The van der Waals surface area contributed by atoms with Gasteiger partial charge in [-0.15, -0.1) is 0 Å². The predicted molar refractivity (Wildman–Crippen MR) is 200 cm³/mol. The van der Waals surface area contributed by atoms with Crippen LogP contribution in [0.1, 0.15) is 17.5 Å². The van der Waals surface area contributed by atoms with E-state index in [9.17, 15) is 12.8 Å². The van der Waals surface area contributed by atoms with E-state index < -0.39 is 15.4 Å². The smallest absolute Gasteiger partial charge is 0.175 e. The van der Waals surface area contributed by atoms with Crippen molar-refractivity contribution in [2.75, 3.05) is 6.26 Å². The van der Waals surface area contributed by atoms with E-state index in [0.717, 1.165) is 50.7 Å². The zero-order chi connectivity index (χ0) is 35.0. The van der Waals surface area contributed by atoms with Crippen molar-refractivity contribution < 1.29 is 12.8 Å². The average molecular weight is 689 g/mol. The standard InChI is InChI=1S/C43H33FN4O2S/c1-51(49,50)37-24-19-31(20-25-37)42-39(32-21-26-40-38(27-32)41(46-29-45-40)30-17-22-36(44)23-18-30)28-48(47-42)43(33-11-5-2-6-12-33,34-13-7-3-8-14-34)35-15-9-4-10-16-35/h2-15,17-29,35H,16H2,1H3. The molecule has 1 unspecified atom stereocenters. The van der Waals surface area contributed by atoms with Gasteiger partial charge in [0, 0.05) is 40.4 Å². The van der Waals surface area contributed by atoms with Gasteiger partial charge in [-0.2, -0.15) is 5.10 Å². The van der Waals surface area contributed by atoms with Crippen LogP contribution in [0.4, 0.5) is 4.39 Å². The first-order chi connectivity index (χ1) is 24.8. The summed E-state index contributed by atoms with van der Waals surface area (Å²) in [7, 11) is -3.40. The van der Waals surface area contributed by atoms with Crippen molar-refractivity contribution >= 4 is 20.7 Å². The molecule has 0 amide bonds. The Hall–Kier alpha value is -5.99. The monoisotopic (exact) mass is 688 g/mol. The minimum atomic E-state index is -3.40. The number of halogens is 1. The third-order valence-corrected chi connectivity index (χ3v) is 10.8. The molecule has 0 fully saturated rings.